The van der Waals surface area contributed by atoms with Gasteiger partial charge in [0.15, 0.2) is 5.03 Å². The Morgan fingerprint density at radius 3 is 2.42 bits per heavy atom. The SMILES string of the molecule is CCC(CNS(=O)(=O)c1ccccn1)N1C(=O)[C@@](C)(CC(=O)O)C[C@H](c2cccc(Cl)c2)[C@H]1c1ccc(Cl)cc1. The molecule has 2 heterocycles. The van der Waals surface area contributed by atoms with Crippen molar-refractivity contribution in [2.24, 2.45) is 5.41 Å². The predicted octanol–water partition coefficient (Wildman–Crippen LogP) is 5.68. The maximum atomic E-state index is 14.3. The molecule has 2 aromatic carbocycles. The van der Waals surface area contributed by atoms with E-state index in [9.17, 15) is 23.1 Å². The number of likely N-dealkylation sites (tertiary alicyclic amines) is 1. The van der Waals surface area contributed by atoms with Crippen molar-refractivity contribution in [1.29, 1.82) is 0 Å². The van der Waals surface area contributed by atoms with Crippen LogP contribution in [-0.4, -0.2) is 47.9 Å². The number of aliphatic carboxylic acids is 1. The molecule has 0 aliphatic carbocycles. The van der Waals surface area contributed by atoms with E-state index in [0.29, 0.717) is 16.5 Å². The molecular formula is C29H31Cl2N3O5S. The monoisotopic (exact) mass is 603 g/mol. The van der Waals surface area contributed by atoms with E-state index in [4.69, 9.17) is 23.2 Å². The van der Waals surface area contributed by atoms with Crippen LogP contribution in [0.2, 0.25) is 10.0 Å². The van der Waals surface area contributed by atoms with E-state index in [2.05, 4.69) is 9.71 Å². The van der Waals surface area contributed by atoms with Gasteiger partial charge in [-0.05, 0) is 60.4 Å². The van der Waals surface area contributed by atoms with Gasteiger partial charge in [-0.3, -0.25) is 9.59 Å². The smallest absolute Gasteiger partial charge is 0.304 e. The van der Waals surface area contributed by atoms with Gasteiger partial charge in [0.25, 0.3) is 10.0 Å². The fourth-order valence-electron chi connectivity index (χ4n) is 5.51. The normalized spacial score (nSPS) is 22.2. The highest BCUT2D eigenvalue weighted by atomic mass is 35.5. The Bertz CT molecular complexity index is 1470. The molecule has 4 atom stereocenters. The summed E-state index contributed by atoms with van der Waals surface area (Å²) in [6.45, 7) is 3.44. The summed E-state index contributed by atoms with van der Waals surface area (Å²) in [5.41, 5.74) is 0.409. The van der Waals surface area contributed by atoms with Gasteiger partial charge in [0.05, 0.1) is 17.9 Å². The van der Waals surface area contributed by atoms with Gasteiger partial charge in [-0.1, -0.05) is 67.4 Å². The van der Waals surface area contributed by atoms with E-state index in [1.54, 1.807) is 42.2 Å². The molecule has 8 nitrogen and oxygen atoms in total. The Labute approximate surface area is 244 Å². The molecule has 0 bridgehead atoms. The number of pyridine rings is 1. The first-order valence-corrected chi connectivity index (χ1v) is 15.2. The summed E-state index contributed by atoms with van der Waals surface area (Å²) in [5.74, 6) is -1.77. The number of hydrogen-bond donors (Lipinski definition) is 2. The van der Waals surface area contributed by atoms with E-state index >= 15 is 0 Å². The van der Waals surface area contributed by atoms with E-state index in [1.807, 2.05) is 37.3 Å². The van der Waals surface area contributed by atoms with Gasteiger partial charge in [-0.15, -0.1) is 0 Å². The lowest BCUT2D eigenvalue weighted by Crippen LogP contribution is -2.58. The van der Waals surface area contributed by atoms with Crippen LogP contribution in [0.5, 0.6) is 0 Å². The summed E-state index contributed by atoms with van der Waals surface area (Å²) in [5, 5.41) is 10.7. The third-order valence-electron chi connectivity index (χ3n) is 7.42. The number of aromatic nitrogens is 1. The Kier molecular flexibility index (Phi) is 9.19. The summed E-state index contributed by atoms with van der Waals surface area (Å²) >= 11 is 12.6. The van der Waals surface area contributed by atoms with Crippen LogP contribution >= 0.6 is 23.2 Å². The highest BCUT2D eigenvalue weighted by Gasteiger charge is 2.52. The number of benzene rings is 2. The molecule has 1 aliphatic rings. The second-order valence-corrected chi connectivity index (χ2v) is 12.9. The van der Waals surface area contributed by atoms with Crippen molar-refractivity contribution >= 4 is 45.1 Å². The maximum Gasteiger partial charge on any atom is 0.304 e. The fourth-order valence-corrected chi connectivity index (χ4v) is 6.85. The number of amides is 1. The molecule has 212 valence electrons. The Balaban J connectivity index is 1.83. The number of carboxylic acid groups (broad SMARTS) is 1. The molecule has 1 fully saturated rings. The van der Waals surface area contributed by atoms with Gasteiger partial charge in [0.1, 0.15) is 0 Å². The van der Waals surface area contributed by atoms with Crippen LogP contribution in [0.15, 0.2) is 78.0 Å². The summed E-state index contributed by atoms with van der Waals surface area (Å²) in [4.78, 5) is 31.9. The van der Waals surface area contributed by atoms with E-state index in [1.165, 1.54) is 12.3 Å². The number of sulfonamides is 1. The zero-order valence-electron chi connectivity index (χ0n) is 22.1. The largest absolute Gasteiger partial charge is 0.481 e. The van der Waals surface area contributed by atoms with Crippen LogP contribution < -0.4 is 4.72 Å². The standard InChI is InChI=1S/C29H31Cl2N3O5S/c1-3-23(18-33-40(38,39)25-9-4-5-14-32-25)34-27(19-10-12-21(30)13-11-19)24(20-7-6-8-22(31)15-20)16-29(2,28(34)37)17-26(35)36/h4-15,23-24,27,33H,3,16-18H2,1-2H3,(H,35,36)/t23?,24-,27-,29-/m1/s1. The van der Waals surface area contributed by atoms with Gasteiger partial charge in [0.2, 0.25) is 5.91 Å². The number of carbonyl (C=O) groups excluding carboxylic acids is 1. The summed E-state index contributed by atoms with van der Waals surface area (Å²) in [6, 6.07) is 18.0. The third kappa shape index (κ3) is 6.49. The van der Waals surface area contributed by atoms with E-state index in [-0.39, 0.29) is 36.2 Å². The average molecular weight is 605 g/mol. The van der Waals surface area contributed by atoms with Gasteiger partial charge in [0, 0.05) is 34.7 Å². The van der Waals surface area contributed by atoms with Crippen LogP contribution in [0.1, 0.15) is 56.2 Å². The number of piperidine rings is 1. The molecule has 1 aromatic heterocycles. The fraction of sp³-hybridized carbons (Fsp3) is 0.345. The lowest BCUT2D eigenvalue weighted by Gasteiger charge is -2.52. The highest BCUT2D eigenvalue weighted by molar-refractivity contribution is 7.89. The Hall–Kier alpha value is -2.98. The van der Waals surface area contributed by atoms with Crippen LogP contribution in [0.4, 0.5) is 0 Å². The number of carbonyl (C=O) groups is 2. The minimum absolute atomic E-state index is 0.0867. The van der Waals surface area contributed by atoms with Gasteiger partial charge >= 0.3 is 5.97 Å². The first-order chi connectivity index (χ1) is 18.9. The molecule has 11 heteroatoms. The minimum Gasteiger partial charge on any atom is -0.481 e. The van der Waals surface area contributed by atoms with Crippen molar-refractivity contribution in [3.8, 4) is 0 Å². The third-order valence-corrected chi connectivity index (χ3v) is 9.24. The maximum absolute atomic E-state index is 14.3. The Morgan fingerprint density at radius 2 is 1.82 bits per heavy atom. The predicted molar refractivity (Wildman–Crippen MR) is 154 cm³/mol. The highest BCUT2D eigenvalue weighted by Crippen LogP contribution is 2.52. The minimum atomic E-state index is -3.96. The molecule has 1 saturated heterocycles. The second-order valence-electron chi connectivity index (χ2n) is 10.3. The molecule has 4 rings (SSSR count). The number of rotatable bonds is 10. The summed E-state index contributed by atoms with van der Waals surface area (Å²) in [7, 11) is -3.96. The molecule has 40 heavy (non-hydrogen) atoms. The van der Waals surface area contributed by atoms with Crippen molar-refractivity contribution in [3.63, 3.8) is 0 Å². The molecule has 1 unspecified atom stereocenters. The molecule has 1 aliphatic heterocycles. The summed E-state index contributed by atoms with van der Waals surface area (Å²) in [6.07, 6.45) is 1.69. The van der Waals surface area contributed by atoms with Gasteiger partial charge in [-0.2, -0.15) is 0 Å². The number of hydrogen-bond acceptors (Lipinski definition) is 5. The first kappa shape index (κ1) is 30.0. The van der Waals surface area contributed by atoms with Crippen molar-refractivity contribution in [3.05, 3.63) is 94.1 Å². The van der Waals surface area contributed by atoms with Crippen LogP contribution in [0, 0.1) is 5.41 Å². The molecular weight excluding hydrogens is 573 g/mol. The molecule has 3 aromatic rings. The van der Waals surface area contributed by atoms with Crippen molar-refractivity contribution < 1.29 is 23.1 Å². The number of nitrogens with zero attached hydrogens (tertiary/aromatic N) is 2. The molecule has 1 amide bonds. The molecule has 0 saturated carbocycles. The second kappa shape index (κ2) is 12.3. The number of carboxylic acids is 1. The molecule has 0 radical (unpaired) electrons. The average Bonchev–Trinajstić information content (AvgIpc) is 2.92. The number of halogens is 2. The van der Waals surface area contributed by atoms with Crippen LogP contribution in [0.25, 0.3) is 0 Å². The first-order valence-electron chi connectivity index (χ1n) is 12.9. The summed E-state index contributed by atoms with van der Waals surface area (Å²) < 4.78 is 28.7. The van der Waals surface area contributed by atoms with Crippen molar-refractivity contribution in [2.45, 2.75) is 56.1 Å². The lowest BCUT2D eigenvalue weighted by molar-refractivity contribution is -0.160. The van der Waals surface area contributed by atoms with Gasteiger partial charge in [-0.25, -0.2) is 18.1 Å². The lowest BCUT2D eigenvalue weighted by atomic mass is 9.67. The molecule has 0 spiro atoms. The van der Waals surface area contributed by atoms with Crippen molar-refractivity contribution in [1.82, 2.24) is 14.6 Å². The quantitative estimate of drug-likeness (QED) is 0.308. The van der Waals surface area contributed by atoms with Crippen LogP contribution in [-0.2, 0) is 19.6 Å². The van der Waals surface area contributed by atoms with Crippen LogP contribution in [0.3, 0.4) is 0 Å². The van der Waals surface area contributed by atoms with E-state index < -0.39 is 33.5 Å². The molecule has 2 N–H and O–H groups in total. The zero-order valence-corrected chi connectivity index (χ0v) is 24.5. The topological polar surface area (TPSA) is 117 Å². The zero-order chi connectivity index (χ0) is 29.1. The van der Waals surface area contributed by atoms with E-state index in [0.717, 1.165) is 11.1 Å². The van der Waals surface area contributed by atoms with Gasteiger partial charge < -0.3 is 10.0 Å². The Morgan fingerprint density at radius 1 is 1.10 bits per heavy atom. The van der Waals surface area contributed by atoms with Crippen molar-refractivity contribution in [2.75, 3.05) is 6.54 Å². The number of nitrogens with one attached hydrogen (secondary N) is 1.